The molecule has 0 unspecified atom stereocenters. The second-order valence-electron chi connectivity index (χ2n) is 3.13. The quantitative estimate of drug-likeness (QED) is 0.549. The summed E-state index contributed by atoms with van der Waals surface area (Å²) in [6.07, 6.45) is 1.30. The van der Waals surface area contributed by atoms with Crippen LogP contribution in [0.4, 0.5) is 0 Å². The molecule has 0 aromatic carbocycles. The van der Waals surface area contributed by atoms with Crippen LogP contribution in [-0.4, -0.2) is 11.1 Å². The minimum Gasteiger partial charge on any atom is -0.618 e. The zero-order valence-electron chi connectivity index (χ0n) is 7.52. The van der Waals surface area contributed by atoms with Crippen molar-refractivity contribution in [3.8, 4) is 0 Å². The summed E-state index contributed by atoms with van der Waals surface area (Å²) in [5, 5.41) is 19.7. The van der Waals surface area contributed by atoms with Crippen LogP contribution in [0.3, 0.4) is 0 Å². The molecule has 0 aliphatic carbocycles. The SMILES string of the molecule is CC(C)c1ccc(C(=O)O)[n+]([O-])c1. The van der Waals surface area contributed by atoms with Crippen molar-refractivity contribution < 1.29 is 14.6 Å². The van der Waals surface area contributed by atoms with Gasteiger partial charge in [0.1, 0.15) is 0 Å². The van der Waals surface area contributed by atoms with Crippen molar-refractivity contribution in [3.05, 3.63) is 34.8 Å². The molecular formula is C9H11NO3. The third-order valence-electron chi connectivity index (χ3n) is 1.82. The van der Waals surface area contributed by atoms with E-state index >= 15 is 0 Å². The van der Waals surface area contributed by atoms with Crippen molar-refractivity contribution in [1.29, 1.82) is 0 Å². The molecule has 0 bridgehead atoms. The zero-order valence-corrected chi connectivity index (χ0v) is 7.52. The second-order valence-corrected chi connectivity index (χ2v) is 3.13. The summed E-state index contributed by atoms with van der Waals surface area (Å²) in [5.74, 6) is -0.978. The maximum atomic E-state index is 11.1. The molecular weight excluding hydrogens is 170 g/mol. The summed E-state index contributed by atoms with van der Waals surface area (Å²) >= 11 is 0. The molecule has 70 valence electrons. The standard InChI is InChI=1S/C9H11NO3/c1-6(2)7-3-4-8(9(11)12)10(13)5-7/h3-6H,1-2H3,(H,11,12). The number of hydrogen-bond donors (Lipinski definition) is 1. The van der Waals surface area contributed by atoms with Crippen LogP contribution in [0.1, 0.15) is 35.8 Å². The summed E-state index contributed by atoms with van der Waals surface area (Å²) in [6.45, 7) is 3.88. The van der Waals surface area contributed by atoms with E-state index in [-0.39, 0.29) is 11.6 Å². The van der Waals surface area contributed by atoms with E-state index in [0.717, 1.165) is 5.56 Å². The van der Waals surface area contributed by atoms with E-state index in [1.807, 2.05) is 13.8 Å². The first-order valence-corrected chi connectivity index (χ1v) is 3.98. The Morgan fingerprint density at radius 1 is 1.54 bits per heavy atom. The van der Waals surface area contributed by atoms with Crippen molar-refractivity contribution in [2.24, 2.45) is 0 Å². The lowest BCUT2D eigenvalue weighted by Gasteiger charge is -2.05. The monoisotopic (exact) mass is 181 g/mol. The molecule has 0 saturated heterocycles. The number of aromatic nitrogens is 1. The Kier molecular flexibility index (Phi) is 2.51. The first-order chi connectivity index (χ1) is 6.02. The van der Waals surface area contributed by atoms with E-state index in [4.69, 9.17) is 5.11 Å². The number of carbonyl (C=O) groups is 1. The highest BCUT2D eigenvalue weighted by Crippen LogP contribution is 2.11. The highest BCUT2D eigenvalue weighted by atomic mass is 16.5. The lowest BCUT2D eigenvalue weighted by molar-refractivity contribution is -0.608. The molecule has 0 atom stereocenters. The number of aromatic carboxylic acids is 1. The molecule has 0 saturated carbocycles. The molecule has 1 aromatic rings. The van der Waals surface area contributed by atoms with E-state index in [1.54, 1.807) is 6.07 Å². The van der Waals surface area contributed by atoms with Crippen LogP contribution in [0.5, 0.6) is 0 Å². The van der Waals surface area contributed by atoms with Crippen LogP contribution in [-0.2, 0) is 0 Å². The number of carboxylic acids is 1. The van der Waals surface area contributed by atoms with Gasteiger partial charge in [-0.05, 0) is 12.0 Å². The highest BCUT2D eigenvalue weighted by molar-refractivity contribution is 5.83. The summed E-state index contributed by atoms with van der Waals surface area (Å²) in [6, 6.07) is 2.98. The van der Waals surface area contributed by atoms with Gasteiger partial charge in [0.15, 0.2) is 6.20 Å². The lowest BCUT2D eigenvalue weighted by atomic mass is 10.1. The van der Waals surface area contributed by atoms with Gasteiger partial charge in [-0.3, -0.25) is 0 Å². The van der Waals surface area contributed by atoms with Crippen LogP contribution in [0.25, 0.3) is 0 Å². The first kappa shape index (κ1) is 9.51. The minimum absolute atomic E-state index is 0.225. The number of carboxylic acid groups (broad SMARTS) is 1. The average Bonchev–Trinajstić information content (AvgIpc) is 2.03. The van der Waals surface area contributed by atoms with Crippen LogP contribution >= 0.6 is 0 Å². The average molecular weight is 181 g/mol. The van der Waals surface area contributed by atoms with Gasteiger partial charge < -0.3 is 10.3 Å². The molecule has 0 spiro atoms. The van der Waals surface area contributed by atoms with E-state index in [0.29, 0.717) is 4.73 Å². The largest absolute Gasteiger partial charge is 0.618 e. The molecule has 0 radical (unpaired) electrons. The Hall–Kier alpha value is -1.58. The predicted octanol–water partition coefficient (Wildman–Crippen LogP) is 1.14. The highest BCUT2D eigenvalue weighted by Gasteiger charge is 2.15. The fraction of sp³-hybridized carbons (Fsp3) is 0.333. The van der Waals surface area contributed by atoms with Crippen LogP contribution < -0.4 is 4.73 Å². The van der Waals surface area contributed by atoms with Crippen molar-refractivity contribution in [1.82, 2.24) is 0 Å². The molecule has 0 aliphatic rings. The van der Waals surface area contributed by atoms with E-state index in [1.165, 1.54) is 12.3 Å². The van der Waals surface area contributed by atoms with Crippen LogP contribution in [0, 0.1) is 5.21 Å². The fourth-order valence-electron chi connectivity index (χ4n) is 1.00. The predicted molar refractivity (Wildman–Crippen MR) is 46.5 cm³/mol. The van der Waals surface area contributed by atoms with Gasteiger partial charge in [-0.25, -0.2) is 4.79 Å². The van der Waals surface area contributed by atoms with Crippen molar-refractivity contribution in [3.63, 3.8) is 0 Å². The third kappa shape index (κ3) is 1.96. The van der Waals surface area contributed by atoms with E-state index in [9.17, 15) is 10.0 Å². The molecule has 13 heavy (non-hydrogen) atoms. The van der Waals surface area contributed by atoms with Gasteiger partial charge in [-0.15, -0.1) is 0 Å². The Labute approximate surface area is 76.0 Å². The zero-order chi connectivity index (χ0) is 10.0. The van der Waals surface area contributed by atoms with Gasteiger partial charge in [0, 0.05) is 11.6 Å². The van der Waals surface area contributed by atoms with Crippen LogP contribution in [0.15, 0.2) is 18.3 Å². The molecule has 1 rings (SSSR count). The summed E-state index contributed by atoms with van der Waals surface area (Å²) < 4.78 is 0.387. The maximum absolute atomic E-state index is 11.1. The fourth-order valence-corrected chi connectivity index (χ4v) is 1.00. The molecule has 0 amide bonds. The molecule has 1 aromatic heterocycles. The topological polar surface area (TPSA) is 64.2 Å². The number of hydrogen-bond acceptors (Lipinski definition) is 2. The van der Waals surface area contributed by atoms with Crippen LogP contribution in [0.2, 0.25) is 0 Å². The number of pyridine rings is 1. The number of rotatable bonds is 2. The molecule has 4 nitrogen and oxygen atoms in total. The van der Waals surface area contributed by atoms with Gasteiger partial charge in [0.25, 0.3) is 0 Å². The summed E-state index contributed by atoms with van der Waals surface area (Å²) in [4.78, 5) is 10.5. The molecule has 0 fully saturated rings. The minimum atomic E-state index is -1.20. The van der Waals surface area contributed by atoms with Gasteiger partial charge in [0.05, 0.1) is 0 Å². The molecule has 0 aliphatic heterocycles. The molecule has 1 heterocycles. The van der Waals surface area contributed by atoms with Gasteiger partial charge in [0.2, 0.25) is 0 Å². The van der Waals surface area contributed by atoms with Gasteiger partial charge in [-0.2, -0.15) is 4.73 Å². The Morgan fingerprint density at radius 2 is 2.15 bits per heavy atom. The van der Waals surface area contributed by atoms with Crippen molar-refractivity contribution in [2.45, 2.75) is 19.8 Å². The maximum Gasteiger partial charge on any atom is 0.402 e. The van der Waals surface area contributed by atoms with Crippen molar-refractivity contribution >= 4 is 5.97 Å². The Balaban J connectivity index is 3.13. The molecule has 4 heteroatoms. The molecule has 1 N–H and O–H groups in total. The Bertz CT molecular complexity index is 334. The van der Waals surface area contributed by atoms with Crippen molar-refractivity contribution in [2.75, 3.05) is 0 Å². The second kappa shape index (κ2) is 3.43. The Morgan fingerprint density at radius 3 is 2.54 bits per heavy atom. The van der Waals surface area contributed by atoms with E-state index < -0.39 is 5.97 Å². The summed E-state index contributed by atoms with van der Waals surface area (Å²) in [5.41, 5.74) is 0.587. The normalized spacial score (nSPS) is 10.4. The number of nitrogens with zero attached hydrogens (tertiary/aromatic N) is 1. The summed E-state index contributed by atoms with van der Waals surface area (Å²) in [7, 11) is 0. The van der Waals surface area contributed by atoms with E-state index in [2.05, 4.69) is 0 Å². The lowest BCUT2D eigenvalue weighted by Crippen LogP contribution is -2.34. The smallest absolute Gasteiger partial charge is 0.402 e. The van der Waals surface area contributed by atoms with Gasteiger partial charge >= 0.3 is 11.7 Å². The van der Waals surface area contributed by atoms with Gasteiger partial charge in [-0.1, -0.05) is 13.8 Å². The first-order valence-electron chi connectivity index (χ1n) is 3.98. The third-order valence-corrected chi connectivity index (χ3v) is 1.82.